The molecule has 0 spiro atoms. The first-order valence-corrected chi connectivity index (χ1v) is 12.4. The summed E-state index contributed by atoms with van der Waals surface area (Å²) in [4.78, 5) is 27.2. The number of nitrogens with one attached hydrogen (secondary N) is 1. The lowest BCUT2D eigenvalue weighted by Crippen LogP contribution is -2.41. The summed E-state index contributed by atoms with van der Waals surface area (Å²) in [5, 5.41) is 2.45. The molecule has 0 bridgehead atoms. The minimum absolute atomic E-state index is 0.0965. The molecule has 7 nitrogen and oxygen atoms in total. The number of carbonyl (C=O) groups excluding carboxylic acids is 2. The summed E-state index contributed by atoms with van der Waals surface area (Å²) in [5.74, 6) is -1.29. The van der Waals surface area contributed by atoms with Crippen molar-refractivity contribution in [3.8, 4) is 0 Å². The van der Waals surface area contributed by atoms with Gasteiger partial charge in [0, 0.05) is 23.7 Å². The number of anilines is 2. The van der Waals surface area contributed by atoms with E-state index in [9.17, 15) is 22.4 Å². The van der Waals surface area contributed by atoms with E-state index in [-0.39, 0.29) is 28.1 Å². The van der Waals surface area contributed by atoms with E-state index in [0.29, 0.717) is 24.5 Å². The van der Waals surface area contributed by atoms with Crippen LogP contribution in [0.15, 0.2) is 46.2 Å². The monoisotopic (exact) mass is 483 g/mol. The molecule has 0 aromatic heterocycles. The van der Waals surface area contributed by atoms with Crippen LogP contribution in [0.2, 0.25) is 5.02 Å². The standard InChI is InChI=1S/C20H19ClFN3O4S2/c21-15-9-13(3-5-16(15)22)23-19(26)11-25-17-10-14(4-6-18(17)30-12-20(25)27)31(28,29)24-7-1-2-8-24/h3-6,9-10H,1-2,7-8,11-12H2,(H,23,26). The fraction of sp³-hybridized carbons (Fsp3) is 0.300. The van der Waals surface area contributed by atoms with Crippen molar-refractivity contribution in [2.45, 2.75) is 22.6 Å². The van der Waals surface area contributed by atoms with Crippen molar-refractivity contribution in [3.63, 3.8) is 0 Å². The number of sulfonamides is 1. The number of amides is 2. The molecule has 11 heteroatoms. The van der Waals surface area contributed by atoms with Gasteiger partial charge in [-0.25, -0.2) is 12.8 Å². The Balaban J connectivity index is 1.58. The van der Waals surface area contributed by atoms with Crippen molar-refractivity contribution >= 4 is 56.6 Å². The number of hydrogen-bond acceptors (Lipinski definition) is 5. The second kappa shape index (κ2) is 8.78. The summed E-state index contributed by atoms with van der Waals surface area (Å²) in [6, 6.07) is 8.42. The van der Waals surface area contributed by atoms with Gasteiger partial charge in [0.2, 0.25) is 21.8 Å². The van der Waals surface area contributed by atoms with Crippen molar-refractivity contribution in [3.05, 3.63) is 47.2 Å². The van der Waals surface area contributed by atoms with E-state index in [0.717, 1.165) is 23.8 Å². The zero-order valence-electron chi connectivity index (χ0n) is 16.3. The number of carbonyl (C=O) groups is 2. The van der Waals surface area contributed by atoms with Gasteiger partial charge in [-0.15, -0.1) is 11.8 Å². The van der Waals surface area contributed by atoms with Crippen LogP contribution in [-0.4, -0.2) is 49.9 Å². The maximum Gasteiger partial charge on any atom is 0.244 e. The van der Waals surface area contributed by atoms with E-state index in [1.165, 1.54) is 45.2 Å². The molecule has 0 aliphatic carbocycles. The number of halogens is 2. The van der Waals surface area contributed by atoms with E-state index < -0.39 is 21.7 Å². The lowest BCUT2D eigenvalue weighted by molar-refractivity contribution is -0.120. The molecular formula is C20H19ClFN3O4S2. The zero-order valence-corrected chi connectivity index (χ0v) is 18.7. The number of fused-ring (bicyclic) bond motifs is 1. The molecule has 0 unspecified atom stereocenters. The number of benzene rings is 2. The molecule has 2 aromatic rings. The molecule has 2 aliphatic rings. The Hall–Kier alpha value is -2.14. The quantitative estimate of drug-likeness (QED) is 0.704. The fourth-order valence-corrected chi connectivity index (χ4v) is 6.15. The van der Waals surface area contributed by atoms with Gasteiger partial charge >= 0.3 is 0 Å². The van der Waals surface area contributed by atoms with Crippen LogP contribution < -0.4 is 10.2 Å². The molecule has 1 fully saturated rings. The van der Waals surface area contributed by atoms with Crippen LogP contribution in [-0.2, 0) is 19.6 Å². The van der Waals surface area contributed by atoms with Gasteiger partial charge in [-0.1, -0.05) is 11.6 Å². The fourth-order valence-electron chi connectivity index (χ4n) is 3.51. The third-order valence-electron chi connectivity index (χ3n) is 5.08. The lowest BCUT2D eigenvalue weighted by atomic mass is 10.2. The Morgan fingerprint density at radius 2 is 1.90 bits per heavy atom. The van der Waals surface area contributed by atoms with Crippen LogP contribution in [0.4, 0.5) is 15.8 Å². The Labute approximate surface area is 188 Å². The number of nitrogens with zero attached hydrogens (tertiary/aromatic N) is 2. The topological polar surface area (TPSA) is 86.8 Å². The van der Waals surface area contributed by atoms with Gasteiger partial charge in [0.05, 0.1) is 21.4 Å². The highest BCUT2D eigenvalue weighted by Gasteiger charge is 2.31. The SMILES string of the molecule is O=C(CN1C(=O)CSc2ccc(S(=O)(=O)N3CCCC3)cc21)Nc1ccc(F)c(Cl)c1. The van der Waals surface area contributed by atoms with Gasteiger partial charge in [0.15, 0.2) is 0 Å². The van der Waals surface area contributed by atoms with Gasteiger partial charge < -0.3 is 10.2 Å². The summed E-state index contributed by atoms with van der Waals surface area (Å²) < 4.78 is 40.6. The molecule has 4 rings (SSSR count). The van der Waals surface area contributed by atoms with Gasteiger partial charge in [-0.05, 0) is 49.2 Å². The molecule has 1 N–H and O–H groups in total. The molecule has 0 saturated carbocycles. The summed E-state index contributed by atoms with van der Waals surface area (Å²) in [6.45, 7) is 0.632. The first kappa shape index (κ1) is 22.1. The Kier molecular flexibility index (Phi) is 6.25. The van der Waals surface area contributed by atoms with E-state index in [2.05, 4.69) is 5.32 Å². The van der Waals surface area contributed by atoms with Gasteiger partial charge in [-0.2, -0.15) is 4.31 Å². The minimum Gasteiger partial charge on any atom is -0.324 e. The van der Waals surface area contributed by atoms with Crippen molar-refractivity contribution in [2.24, 2.45) is 0 Å². The summed E-state index contributed by atoms with van der Waals surface area (Å²) in [6.07, 6.45) is 1.64. The predicted molar refractivity (Wildman–Crippen MR) is 118 cm³/mol. The van der Waals surface area contributed by atoms with Crippen LogP contribution in [0, 0.1) is 5.82 Å². The molecule has 1 saturated heterocycles. The molecule has 0 radical (unpaired) electrons. The number of rotatable bonds is 5. The smallest absolute Gasteiger partial charge is 0.244 e. The Morgan fingerprint density at radius 1 is 1.16 bits per heavy atom. The molecule has 31 heavy (non-hydrogen) atoms. The average molecular weight is 484 g/mol. The van der Waals surface area contributed by atoms with Crippen LogP contribution in [0.5, 0.6) is 0 Å². The van der Waals surface area contributed by atoms with Crippen LogP contribution in [0.25, 0.3) is 0 Å². The van der Waals surface area contributed by atoms with Crippen molar-refractivity contribution in [2.75, 3.05) is 35.6 Å². The van der Waals surface area contributed by atoms with Crippen molar-refractivity contribution in [1.29, 1.82) is 0 Å². The third kappa shape index (κ3) is 4.57. The molecule has 2 aromatic carbocycles. The maximum atomic E-state index is 13.3. The molecular weight excluding hydrogens is 465 g/mol. The second-order valence-electron chi connectivity index (χ2n) is 7.19. The molecule has 164 valence electrons. The predicted octanol–water partition coefficient (Wildman–Crippen LogP) is 3.34. The van der Waals surface area contributed by atoms with E-state index in [4.69, 9.17) is 11.6 Å². The van der Waals surface area contributed by atoms with Gasteiger partial charge in [-0.3, -0.25) is 9.59 Å². The van der Waals surface area contributed by atoms with Crippen LogP contribution in [0.1, 0.15) is 12.8 Å². The van der Waals surface area contributed by atoms with Crippen LogP contribution in [0.3, 0.4) is 0 Å². The van der Waals surface area contributed by atoms with Crippen molar-refractivity contribution in [1.82, 2.24) is 4.31 Å². The average Bonchev–Trinajstić information content (AvgIpc) is 3.28. The maximum absolute atomic E-state index is 13.3. The third-order valence-corrected chi connectivity index (χ3v) is 8.31. The molecule has 2 heterocycles. The number of thioether (sulfide) groups is 1. The Bertz CT molecular complexity index is 1150. The molecule has 0 atom stereocenters. The van der Waals surface area contributed by atoms with E-state index in [1.54, 1.807) is 6.07 Å². The second-order valence-corrected chi connectivity index (χ2v) is 10.5. The zero-order chi connectivity index (χ0) is 22.2. The Morgan fingerprint density at radius 3 is 2.61 bits per heavy atom. The normalized spacial score (nSPS) is 17.0. The van der Waals surface area contributed by atoms with E-state index >= 15 is 0 Å². The summed E-state index contributed by atoms with van der Waals surface area (Å²) in [5.41, 5.74) is 0.676. The van der Waals surface area contributed by atoms with Gasteiger partial charge in [0.1, 0.15) is 12.4 Å². The summed E-state index contributed by atoms with van der Waals surface area (Å²) in [7, 11) is -3.66. The highest BCUT2D eigenvalue weighted by Crippen LogP contribution is 2.37. The first-order chi connectivity index (χ1) is 14.8. The minimum atomic E-state index is -3.66. The van der Waals surface area contributed by atoms with Crippen molar-refractivity contribution < 1.29 is 22.4 Å². The van der Waals surface area contributed by atoms with E-state index in [1.807, 2.05) is 0 Å². The highest BCUT2D eigenvalue weighted by molar-refractivity contribution is 8.00. The summed E-state index contributed by atoms with van der Waals surface area (Å²) >= 11 is 7.04. The van der Waals surface area contributed by atoms with Crippen LogP contribution >= 0.6 is 23.4 Å². The molecule has 2 amide bonds. The highest BCUT2D eigenvalue weighted by atomic mass is 35.5. The van der Waals surface area contributed by atoms with Gasteiger partial charge in [0.25, 0.3) is 0 Å². The lowest BCUT2D eigenvalue weighted by Gasteiger charge is -2.29. The largest absolute Gasteiger partial charge is 0.324 e. The number of hydrogen-bond donors (Lipinski definition) is 1. The molecule has 2 aliphatic heterocycles. The first-order valence-electron chi connectivity index (χ1n) is 9.58.